The predicted molar refractivity (Wildman–Crippen MR) is 114 cm³/mol. The first-order chi connectivity index (χ1) is 15.7. The van der Waals surface area contributed by atoms with Gasteiger partial charge in [0.15, 0.2) is 0 Å². The van der Waals surface area contributed by atoms with E-state index in [-0.39, 0.29) is 24.1 Å². The smallest absolute Gasteiger partial charge is 0.339 e. The fourth-order valence-corrected chi connectivity index (χ4v) is 5.28. The van der Waals surface area contributed by atoms with Gasteiger partial charge in [0.05, 0.1) is 23.4 Å². The van der Waals surface area contributed by atoms with Gasteiger partial charge in [-0.05, 0) is 48.4 Å². The van der Waals surface area contributed by atoms with Crippen molar-refractivity contribution in [1.82, 2.24) is 10.6 Å². The fraction of sp³-hybridized carbons (Fsp3) is 0.417. The van der Waals surface area contributed by atoms with Crippen LogP contribution in [0.4, 0.5) is 13.2 Å². The average molecular weight is 454 g/mol. The van der Waals surface area contributed by atoms with E-state index in [1.807, 2.05) is 0 Å². The lowest BCUT2D eigenvalue weighted by Gasteiger charge is -2.26. The van der Waals surface area contributed by atoms with Crippen LogP contribution < -0.4 is 10.6 Å². The second kappa shape index (κ2) is 7.96. The number of nitriles is 1. The molecule has 9 heteroatoms. The van der Waals surface area contributed by atoms with Gasteiger partial charge in [-0.2, -0.15) is 18.4 Å². The van der Waals surface area contributed by atoms with Crippen molar-refractivity contribution in [3.63, 3.8) is 0 Å². The van der Waals surface area contributed by atoms with Crippen LogP contribution in [0.5, 0.6) is 0 Å². The van der Waals surface area contributed by atoms with Crippen LogP contribution in [0.1, 0.15) is 46.7 Å². The standard InChI is InChI=1S/C24H21F3N4O2/c25-24(26,27)14-3-6-18-17-5-1-12(8-19(17)22(32)31-20(18)10-14)7-16(11-28)30-23(33)21-13-2-4-15(9-13)29-21/h1,3,5-6,8,10,13,15-16,18,21,29H,2,4,7,9H2,(H,30,33)/t13-,15+,16-,18?,21-/m0/s1. The molecule has 6 nitrogen and oxygen atoms in total. The maximum Gasteiger partial charge on any atom is 0.416 e. The molecule has 0 aromatic heterocycles. The highest BCUT2D eigenvalue weighted by molar-refractivity contribution is 6.16. The molecule has 2 heterocycles. The topological polar surface area (TPSA) is 94.3 Å². The Balaban J connectivity index is 1.31. The van der Waals surface area contributed by atoms with E-state index >= 15 is 0 Å². The van der Waals surface area contributed by atoms with Crippen molar-refractivity contribution in [1.29, 1.82) is 5.26 Å². The molecule has 2 amide bonds. The highest BCUT2D eigenvalue weighted by atomic mass is 19.4. The number of piperidine rings is 1. The van der Waals surface area contributed by atoms with Gasteiger partial charge in [0.1, 0.15) is 6.04 Å². The summed E-state index contributed by atoms with van der Waals surface area (Å²) in [5, 5.41) is 15.7. The number of rotatable bonds is 4. The minimum atomic E-state index is -4.51. The highest BCUT2D eigenvalue weighted by Crippen LogP contribution is 2.37. The summed E-state index contributed by atoms with van der Waals surface area (Å²) >= 11 is 0. The molecule has 1 unspecified atom stereocenters. The number of fused-ring (bicyclic) bond motifs is 5. The molecule has 170 valence electrons. The third-order valence-electron chi connectivity index (χ3n) is 6.89. The van der Waals surface area contributed by atoms with Crippen molar-refractivity contribution < 1.29 is 22.8 Å². The van der Waals surface area contributed by atoms with Gasteiger partial charge >= 0.3 is 6.18 Å². The van der Waals surface area contributed by atoms with E-state index in [1.165, 1.54) is 6.08 Å². The van der Waals surface area contributed by atoms with Gasteiger partial charge in [-0.1, -0.05) is 24.3 Å². The van der Waals surface area contributed by atoms with Gasteiger partial charge < -0.3 is 10.6 Å². The lowest BCUT2D eigenvalue weighted by atomic mass is 9.82. The third kappa shape index (κ3) is 4.00. The maximum atomic E-state index is 13.0. The number of hydrogen-bond acceptors (Lipinski definition) is 4. The summed E-state index contributed by atoms with van der Waals surface area (Å²) in [5.41, 5.74) is 0.761. The summed E-state index contributed by atoms with van der Waals surface area (Å²) in [4.78, 5) is 29.1. The van der Waals surface area contributed by atoms with Crippen LogP contribution in [0, 0.1) is 17.2 Å². The maximum absolute atomic E-state index is 13.0. The Kier molecular flexibility index (Phi) is 5.20. The Morgan fingerprint density at radius 2 is 2.15 bits per heavy atom. The Labute approximate surface area is 188 Å². The SMILES string of the molecule is N#C[C@H](Cc1ccc2c(c1)C(=O)N=C1C=C(C(F)(F)F)C=CC12)NC(=O)[C@H]1N[C@@H]2CC[C@H]1C2. The van der Waals surface area contributed by atoms with E-state index < -0.39 is 29.6 Å². The van der Waals surface area contributed by atoms with Crippen LogP contribution in [0.2, 0.25) is 0 Å². The highest BCUT2D eigenvalue weighted by Gasteiger charge is 2.43. The molecule has 1 saturated heterocycles. The number of alkyl halides is 3. The van der Waals surface area contributed by atoms with Crippen molar-refractivity contribution >= 4 is 17.5 Å². The summed E-state index contributed by atoms with van der Waals surface area (Å²) in [6.07, 6.45) is 2.07. The van der Waals surface area contributed by atoms with Crippen molar-refractivity contribution in [3.8, 4) is 6.07 Å². The predicted octanol–water partition coefficient (Wildman–Crippen LogP) is 3.11. The quantitative estimate of drug-likeness (QED) is 0.731. The van der Waals surface area contributed by atoms with Crippen LogP contribution >= 0.6 is 0 Å². The van der Waals surface area contributed by atoms with Crippen LogP contribution in [-0.4, -0.2) is 41.8 Å². The van der Waals surface area contributed by atoms with Crippen LogP contribution in [0.15, 0.2) is 47.0 Å². The van der Waals surface area contributed by atoms with Gasteiger partial charge in [0.2, 0.25) is 5.91 Å². The molecule has 33 heavy (non-hydrogen) atoms. The van der Waals surface area contributed by atoms with Gasteiger partial charge in [-0.15, -0.1) is 0 Å². The largest absolute Gasteiger partial charge is 0.416 e. The second-order valence-electron chi connectivity index (χ2n) is 9.01. The fourth-order valence-electron chi connectivity index (χ4n) is 5.28. The molecule has 2 fully saturated rings. The number of halogens is 3. The molecule has 0 radical (unpaired) electrons. The van der Waals surface area contributed by atoms with Gasteiger partial charge in [-0.25, -0.2) is 4.99 Å². The number of carbonyl (C=O) groups is 2. The zero-order valence-electron chi connectivity index (χ0n) is 17.5. The Morgan fingerprint density at radius 1 is 1.33 bits per heavy atom. The lowest BCUT2D eigenvalue weighted by Crippen LogP contribution is -2.50. The molecular formula is C24H21F3N4O2. The van der Waals surface area contributed by atoms with Crippen molar-refractivity contribution in [2.45, 2.75) is 55.9 Å². The van der Waals surface area contributed by atoms with Crippen molar-refractivity contribution in [3.05, 3.63) is 58.7 Å². The number of hydrogen-bond donors (Lipinski definition) is 2. The minimum absolute atomic E-state index is 0.0654. The van der Waals surface area contributed by atoms with Crippen LogP contribution in [0.3, 0.4) is 0 Å². The minimum Gasteiger partial charge on any atom is -0.339 e. The molecule has 2 bridgehead atoms. The third-order valence-corrected chi connectivity index (χ3v) is 6.89. The molecular weight excluding hydrogens is 433 g/mol. The molecule has 2 aliphatic carbocycles. The number of nitrogens with zero attached hydrogens (tertiary/aromatic N) is 2. The summed E-state index contributed by atoms with van der Waals surface area (Å²) in [5.74, 6) is -1.03. The van der Waals surface area contributed by atoms with E-state index in [0.717, 1.165) is 31.4 Å². The van der Waals surface area contributed by atoms with Crippen molar-refractivity contribution in [2.24, 2.45) is 10.9 Å². The van der Waals surface area contributed by atoms with Crippen molar-refractivity contribution in [2.75, 3.05) is 0 Å². The molecule has 5 rings (SSSR count). The molecule has 1 aromatic rings. The second-order valence-corrected chi connectivity index (χ2v) is 9.01. The molecule has 5 atom stereocenters. The first kappa shape index (κ1) is 21.6. The van der Waals surface area contributed by atoms with Crippen LogP contribution in [-0.2, 0) is 11.2 Å². The molecule has 0 spiro atoms. The van der Waals surface area contributed by atoms with E-state index in [2.05, 4.69) is 21.7 Å². The zero-order valence-corrected chi connectivity index (χ0v) is 17.5. The number of allylic oxidation sites excluding steroid dienone is 4. The number of benzene rings is 1. The summed E-state index contributed by atoms with van der Waals surface area (Å²) in [6, 6.07) is 6.48. The summed E-state index contributed by atoms with van der Waals surface area (Å²) < 4.78 is 39.0. The van der Waals surface area contributed by atoms with E-state index in [9.17, 15) is 28.0 Å². The van der Waals surface area contributed by atoms with Gasteiger partial charge in [-0.3, -0.25) is 9.59 Å². The number of carbonyl (C=O) groups excluding carboxylic acids is 2. The molecule has 2 aliphatic heterocycles. The van der Waals surface area contributed by atoms with Gasteiger partial charge in [0, 0.05) is 23.9 Å². The average Bonchev–Trinajstić information content (AvgIpc) is 3.42. The molecule has 1 saturated carbocycles. The normalized spacial score (nSPS) is 28.4. The summed E-state index contributed by atoms with van der Waals surface area (Å²) in [7, 11) is 0. The molecule has 4 aliphatic rings. The molecule has 1 aromatic carbocycles. The number of aliphatic imine (C=N–C) groups is 1. The Morgan fingerprint density at radius 3 is 2.82 bits per heavy atom. The lowest BCUT2D eigenvalue weighted by molar-refractivity contribution is -0.124. The number of nitrogens with one attached hydrogen (secondary N) is 2. The number of amides is 2. The van der Waals surface area contributed by atoms with Gasteiger partial charge in [0.25, 0.3) is 5.91 Å². The first-order valence-corrected chi connectivity index (χ1v) is 10.9. The van der Waals surface area contributed by atoms with E-state index in [0.29, 0.717) is 28.7 Å². The Hall–Kier alpha value is -3.25. The Bertz CT molecular complexity index is 1160. The summed E-state index contributed by atoms with van der Waals surface area (Å²) in [6.45, 7) is 0. The van der Waals surface area contributed by atoms with E-state index in [1.54, 1.807) is 18.2 Å². The van der Waals surface area contributed by atoms with Crippen LogP contribution in [0.25, 0.3) is 0 Å². The monoisotopic (exact) mass is 454 g/mol. The van der Waals surface area contributed by atoms with E-state index in [4.69, 9.17) is 0 Å². The molecule has 2 N–H and O–H groups in total. The first-order valence-electron chi connectivity index (χ1n) is 10.9. The zero-order chi connectivity index (χ0) is 23.3.